The van der Waals surface area contributed by atoms with Gasteiger partial charge in [-0.3, -0.25) is 0 Å². The Balaban J connectivity index is 2.58. The summed E-state index contributed by atoms with van der Waals surface area (Å²) in [5.41, 5.74) is 7.64. The standard InChI is InChI=1S/C8H6BrN3/c9-8(5-10)6-3-1-2-4-7(6)11-12-8/h1-4,11-12H. The molecule has 4 heteroatoms. The summed E-state index contributed by atoms with van der Waals surface area (Å²) in [4.78, 5) is 0. The molecule has 12 heavy (non-hydrogen) atoms. The summed E-state index contributed by atoms with van der Waals surface area (Å²) >= 11 is 3.31. The monoisotopic (exact) mass is 223 g/mol. The molecule has 1 unspecified atom stereocenters. The predicted molar refractivity (Wildman–Crippen MR) is 49.4 cm³/mol. The van der Waals surface area contributed by atoms with E-state index in [1.807, 2.05) is 24.3 Å². The van der Waals surface area contributed by atoms with Crippen molar-refractivity contribution in [1.82, 2.24) is 5.43 Å². The molecule has 0 bridgehead atoms. The molecule has 0 saturated carbocycles. The molecule has 60 valence electrons. The molecule has 1 aliphatic heterocycles. The molecule has 0 saturated heterocycles. The van der Waals surface area contributed by atoms with Crippen LogP contribution in [-0.4, -0.2) is 0 Å². The molecule has 2 N–H and O–H groups in total. The third-order valence-corrected chi connectivity index (χ3v) is 2.62. The first-order chi connectivity index (χ1) is 5.76. The highest BCUT2D eigenvalue weighted by Crippen LogP contribution is 2.37. The van der Waals surface area contributed by atoms with Crippen LogP contribution in [0.3, 0.4) is 0 Å². The van der Waals surface area contributed by atoms with E-state index in [1.165, 1.54) is 0 Å². The number of anilines is 1. The van der Waals surface area contributed by atoms with Gasteiger partial charge in [0.05, 0.1) is 5.69 Å². The number of hydrogen-bond acceptors (Lipinski definition) is 3. The lowest BCUT2D eigenvalue weighted by molar-refractivity contribution is 0.718. The van der Waals surface area contributed by atoms with Crippen molar-refractivity contribution in [2.45, 2.75) is 4.45 Å². The summed E-state index contributed by atoms with van der Waals surface area (Å²) in [5.74, 6) is 0. The first kappa shape index (κ1) is 7.59. The van der Waals surface area contributed by atoms with Crippen molar-refractivity contribution in [2.24, 2.45) is 0 Å². The van der Waals surface area contributed by atoms with E-state index >= 15 is 0 Å². The second-order valence-electron chi connectivity index (χ2n) is 2.57. The molecule has 1 aromatic carbocycles. The van der Waals surface area contributed by atoms with Gasteiger partial charge in [-0.15, -0.1) is 0 Å². The summed E-state index contributed by atoms with van der Waals surface area (Å²) in [7, 11) is 0. The van der Waals surface area contributed by atoms with Gasteiger partial charge < -0.3 is 5.43 Å². The molecule has 1 atom stereocenters. The highest BCUT2D eigenvalue weighted by Gasteiger charge is 2.35. The molecule has 0 aromatic heterocycles. The zero-order valence-corrected chi connectivity index (χ0v) is 7.72. The highest BCUT2D eigenvalue weighted by atomic mass is 79.9. The highest BCUT2D eigenvalue weighted by molar-refractivity contribution is 9.09. The third-order valence-electron chi connectivity index (χ3n) is 1.82. The third kappa shape index (κ3) is 0.909. The molecule has 1 heterocycles. The fourth-order valence-electron chi connectivity index (χ4n) is 1.20. The van der Waals surface area contributed by atoms with Gasteiger partial charge in [0.2, 0.25) is 4.45 Å². The van der Waals surface area contributed by atoms with Crippen molar-refractivity contribution in [3.8, 4) is 6.07 Å². The van der Waals surface area contributed by atoms with Crippen LogP contribution in [0.2, 0.25) is 0 Å². The van der Waals surface area contributed by atoms with Crippen LogP contribution < -0.4 is 10.9 Å². The Hall–Kier alpha value is -1.05. The number of nitriles is 1. The average Bonchev–Trinajstić information content (AvgIpc) is 2.46. The van der Waals surface area contributed by atoms with E-state index < -0.39 is 4.45 Å². The molecule has 0 fully saturated rings. The fourth-order valence-corrected chi connectivity index (χ4v) is 1.65. The van der Waals surface area contributed by atoms with Gasteiger partial charge in [0.15, 0.2) is 0 Å². The second-order valence-corrected chi connectivity index (χ2v) is 3.76. The van der Waals surface area contributed by atoms with Gasteiger partial charge in [0, 0.05) is 5.56 Å². The predicted octanol–water partition coefficient (Wildman–Crippen LogP) is 1.69. The molecule has 0 amide bonds. The molecule has 0 radical (unpaired) electrons. The van der Waals surface area contributed by atoms with E-state index in [4.69, 9.17) is 5.26 Å². The van der Waals surface area contributed by atoms with E-state index in [0.29, 0.717) is 0 Å². The summed E-state index contributed by atoms with van der Waals surface area (Å²) in [6.45, 7) is 0. The lowest BCUT2D eigenvalue weighted by Gasteiger charge is -2.10. The largest absolute Gasteiger partial charge is 0.319 e. The number of alkyl halides is 1. The van der Waals surface area contributed by atoms with Crippen molar-refractivity contribution in [1.29, 1.82) is 5.26 Å². The van der Waals surface area contributed by atoms with Gasteiger partial charge in [0.25, 0.3) is 0 Å². The molecule has 1 aromatic rings. The van der Waals surface area contributed by atoms with Gasteiger partial charge in [-0.2, -0.15) is 5.26 Å². The van der Waals surface area contributed by atoms with Crippen molar-refractivity contribution in [3.63, 3.8) is 0 Å². The molecular weight excluding hydrogens is 218 g/mol. The van der Waals surface area contributed by atoms with Crippen LogP contribution in [0.4, 0.5) is 5.69 Å². The van der Waals surface area contributed by atoms with Crippen molar-refractivity contribution < 1.29 is 0 Å². The topological polar surface area (TPSA) is 47.9 Å². The van der Waals surface area contributed by atoms with Gasteiger partial charge in [-0.25, -0.2) is 5.43 Å². The minimum Gasteiger partial charge on any atom is -0.319 e. The number of hydrazine groups is 1. The molecule has 2 rings (SSSR count). The van der Waals surface area contributed by atoms with Crippen LogP contribution in [0.5, 0.6) is 0 Å². The number of nitrogens with one attached hydrogen (secondary N) is 2. The van der Waals surface area contributed by atoms with E-state index in [9.17, 15) is 0 Å². The fraction of sp³-hybridized carbons (Fsp3) is 0.125. The normalized spacial score (nSPS) is 25.7. The summed E-state index contributed by atoms with van der Waals surface area (Å²) in [5, 5.41) is 8.87. The summed E-state index contributed by atoms with van der Waals surface area (Å²) in [6.07, 6.45) is 0. The van der Waals surface area contributed by atoms with Crippen LogP contribution in [-0.2, 0) is 4.45 Å². The molecular formula is C8H6BrN3. The number of benzene rings is 1. The summed E-state index contributed by atoms with van der Waals surface area (Å²) in [6, 6.07) is 9.79. The van der Waals surface area contributed by atoms with E-state index in [2.05, 4.69) is 32.9 Å². The Morgan fingerprint density at radius 1 is 1.42 bits per heavy atom. The Morgan fingerprint density at radius 2 is 2.17 bits per heavy atom. The molecule has 3 nitrogen and oxygen atoms in total. The number of nitrogens with zero attached hydrogens (tertiary/aromatic N) is 1. The smallest absolute Gasteiger partial charge is 0.205 e. The molecule has 0 aliphatic carbocycles. The minimum atomic E-state index is -0.774. The Labute approximate surface area is 78.5 Å². The van der Waals surface area contributed by atoms with E-state index in [-0.39, 0.29) is 0 Å². The number of halogens is 1. The maximum atomic E-state index is 8.87. The number of rotatable bonds is 0. The lowest BCUT2D eigenvalue weighted by atomic mass is 10.1. The average molecular weight is 224 g/mol. The van der Waals surface area contributed by atoms with E-state index in [0.717, 1.165) is 11.3 Å². The number of para-hydroxylation sites is 1. The van der Waals surface area contributed by atoms with Crippen molar-refractivity contribution in [3.05, 3.63) is 29.8 Å². The number of hydrogen-bond donors (Lipinski definition) is 2. The van der Waals surface area contributed by atoms with Crippen LogP contribution in [0.25, 0.3) is 0 Å². The maximum Gasteiger partial charge on any atom is 0.205 e. The molecule has 0 spiro atoms. The summed E-state index contributed by atoms with van der Waals surface area (Å²) < 4.78 is -0.774. The number of fused-ring (bicyclic) bond motifs is 1. The Morgan fingerprint density at radius 3 is 2.92 bits per heavy atom. The maximum absolute atomic E-state index is 8.87. The Kier molecular flexibility index (Phi) is 1.56. The molecule has 1 aliphatic rings. The van der Waals surface area contributed by atoms with Crippen LogP contribution >= 0.6 is 15.9 Å². The van der Waals surface area contributed by atoms with E-state index in [1.54, 1.807) is 0 Å². The SMILES string of the molecule is N#CC1(Br)NNc2ccccc21. The van der Waals surface area contributed by atoms with Crippen LogP contribution in [0, 0.1) is 11.3 Å². The zero-order chi connectivity index (χ0) is 8.60. The van der Waals surface area contributed by atoms with Crippen molar-refractivity contribution in [2.75, 3.05) is 5.43 Å². The quantitative estimate of drug-likeness (QED) is 0.520. The van der Waals surface area contributed by atoms with Crippen LogP contribution in [0.15, 0.2) is 24.3 Å². The van der Waals surface area contributed by atoms with Gasteiger partial charge in [-0.1, -0.05) is 18.2 Å². The van der Waals surface area contributed by atoms with Crippen LogP contribution in [0.1, 0.15) is 5.56 Å². The van der Waals surface area contributed by atoms with Gasteiger partial charge in [0.1, 0.15) is 6.07 Å². The first-order valence-corrected chi connectivity index (χ1v) is 4.28. The van der Waals surface area contributed by atoms with Crippen molar-refractivity contribution >= 4 is 21.6 Å². The lowest BCUT2D eigenvalue weighted by Crippen LogP contribution is -2.31. The van der Waals surface area contributed by atoms with Gasteiger partial charge >= 0.3 is 0 Å². The van der Waals surface area contributed by atoms with Gasteiger partial charge in [-0.05, 0) is 22.0 Å². The minimum absolute atomic E-state index is 0.774. The first-order valence-electron chi connectivity index (χ1n) is 3.49. The zero-order valence-electron chi connectivity index (χ0n) is 6.13. The Bertz CT molecular complexity index is 358. The second kappa shape index (κ2) is 2.47.